The number of hydrogen-bond donors (Lipinski definition) is 5. The van der Waals surface area contributed by atoms with Crippen molar-refractivity contribution in [3.05, 3.63) is 29.6 Å². The van der Waals surface area contributed by atoms with Crippen LogP contribution in [0.2, 0.25) is 0 Å². The SMILES string of the molecule is CC(C)(O)C(F)CNC(=O)c1cnc(Nc2ncc(C#N)c(N)n2)cc1NC1CC1. The van der Waals surface area contributed by atoms with Gasteiger partial charge in [0.1, 0.15) is 29.4 Å². The van der Waals surface area contributed by atoms with Gasteiger partial charge in [0.2, 0.25) is 5.95 Å². The number of nitrogens with zero attached hydrogens (tertiary/aromatic N) is 4. The molecule has 6 N–H and O–H groups in total. The molecule has 0 bridgehead atoms. The molecule has 0 aromatic carbocycles. The molecule has 1 amide bonds. The van der Waals surface area contributed by atoms with Crippen molar-refractivity contribution in [1.82, 2.24) is 20.3 Å². The van der Waals surface area contributed by atoms with Gasteiger partial charge in [0.05, 0.1) is 29.6 Å². The van der Waals surface area contributed by atoms with Gasteiger partial charge in [-0.3, -0.25) is 4.79 Å². The number of alkyl halides is 1. The first-order chi connectivity index (χ1) is 14.2. The Bertz CT molecular complexity index is 981. The number of anilines is 4. The van der Waals surface area contributed by atoms with Crippen molar-refractivity contribution in [3.63, 3.8) is 0 Å². The summed E-state index contributed by atoms with van der Waals surface area (Å²) in [5.74, 6) is 0.0376. The first kappa shape index (κ1) is 21.2. The van der Waals surface area contributed by atoms with Gasteiger partial charge >= 0.3 is 0 Å². The molecule has 1 atom stereocenters. The van der Waals surface area contributed by atoms with E-state index in [2.05, 4.69) is 30.9 Å². The van der Waals surface area contributed by atoms with Crippen molar-refractivity contribution in [2.45, 2.75) is 44.5 Å². The van der Waals surface area contributed by atoms with E-state index in [4.69, 9.17) is 11.0 Å². The molecule has 2 heterocycles. The van der Waals surface area contributed by atoms with Crippen molar-refractivity contribution in [3.8, 4) is 6.07 Å². The van der Waals surface area contributed by atoms with Crippen LogP contribution in [-0.4, -0.2) is 50.3 Å². The van der Waals surface area contributed by atoms with E-state index in [-0.39, 0.29) is 35.5 Å². The second-order valence-electron chi connectivity index (χ2n) is 7.59. The highest BCUT2D eigenvalue weighted by Gasteiger charge is 2.28. The van der Waals surface area contributed by atoms with Crippen LogP contribution in [0.4, 0.5) is 27.7 Å². The maximum atomic E-state index is 13.9. The molecule has 10 nitrogen and oxygen atoms in total. The fourth-order valence-corrected chi connectivity index (χ4v) is 2.45. The van der Waals surface area contributed by atoms with E-state index in [1.165, 1.54) is 26.2 Å². The number of hydrogen-bond acceptors (Lipinski definition) is 9. The number of nitrogens with two attached hydrogens (primary N) is 1. The van der Waals surface area contributed by atoms with Crippen LogP contribution >= 0.6 is 0 Å². The molecule has 0 aliphatic heterocycles. The van der Waals surface area contributed by atoms with Gasteiger partial charge in [0.15, 0.2) is 0 Å². The average molecular weight is 414 g/mol. The van der Waals surface area contributed by atoms with Crippen LogP contribution in [0.15, 0.2) is 18.5 Å². The molecule has 158 valence electrons. The number of nitriles is 1. The van der Waals surface area contributed by atoms with E-state index < -0.39 is 17.7 Å². The summed E-state index contributed by atoms with van der Waals surface area (Å²) >= 11 is 0. The Morgan fingerprint density at radius 3 is 2.77 bits per heavy atom. The Morgan fingerprint density at radius 2 is 2.17 bits per heavy atom. The summed E-state index contributed by atoms with van der Waals surface area (Å²) in [6.45, 7) is 2.34. The van der Waals surface area contributed by atoms with Crippen LogP contribution in [0, 0.1) is 11.3 Å². The number of nitrogen functional groups attached to an aromatic ring is 1. The molecule has 11 heteroatoms. The molecule has 30 heavy (non-hydrogen) atoms. The fourth-order valence-electron chi connectivity index (χ4n) is 2.45. The maximum absolute atomic E-state index is 13.9. The Balaban J connectivity index is 1.77. The second kappa shape index (κ2) is 8.46. The zero-order valence-electron chi connectivity index (χ0n) is 16.6. The van der Waals surface area contributed by atoms with Gasteiger partial charge in [-0.15, -0.1) is 0 Å². The van der Waals surface area contributed by atoms with Gasteiger partial charge in [-0.05, 0) is 26.7 Å². The van der Waals surface area contributed by atoms with Crippen LogP contribution in [0.5, 0.6) is 0 Å². The molecule has 1 aliphatic rings. The summed E-state index contributed by atoms with van der Waals surface area (Å²) in [5, 5.41) is 27.2. The quantitative estimate of drug-likeness (QED) is 0.431. The van der Waals surface area contributed by atoms with Gasteiger partial charge in [0.25, 0.3) is 5.91 Å². The monoisotopic (exact) mass is 414 g/mol. The highest BCUT2D eigenvalue weighted by atomic mass is 19.1. The van der Waals surface area contributed by atoms with Gasteiger partial charge in [0, 0.05) is 18.3 Å². The van der Waals surface area contributed by atoms with Gasteiger partial charge in [-0.2, -0.15) is 10.2 Å². The number of amides is 1. The maximum Gasteiger partial charge on any atom is 0.255 e. The normalized spacial score (nSPS) is 14.5. The Kier molecular flexibility index (Phi) is 5.98. The summed E-state index contributed by atoms with van der Waals surface area (Å²) in [6, 6.07) is 3.75. The van der Waals surface area contributed by atoms with Gasteiger partial charge in [-0.1, -0.05) is 0 Å². The molecule has 1 aliphatic carbocycles. The predicted molar refractivity (Wildman–Crippen MR) is 109 cm³/mol. The highest BCUT2D eigenvalue weighted by molar-refractivity contribution is 6.00. The first-order valence-electron chi connectivity index (χ1n) is 9.38. The number of carbonyl (C=O) groups excluding carboxylic acids is 1. The Hall–Kier alpha value is -3.52. The van der Waals surface area contributed by atoms with Crippen LogP contribution < -0.4 is 21.7 Å². The summed E-state index contributed by atoms with van der Waals surface area (Å²) in [5.41, 5.74) is 5.06. The lowest BCUT2D eigenvalue weighted by atomic mass is 10.0. The number of nitrogens with one attached hydrogen (secondary N) is 3. The van der Waals surface area contributed by atoms with Gasteiger partial charge in [-0.25, -0.2) is 14.4 Å². The third-order valence-electron chi connectivity index (χ3n) is 4.47. The lowest BCUT2D eigenvalue weighted by Crippen LogP contribution is -2.42. The predicted octanol–water partition coefficient (Wildman–Crippen LogP) is 1.48. The minimum atomic E-state index is -1.62. The standard InChI is InChI=1S/C19H23FN8O2/c1-19(2,30)14(20)9-24-17(29)12-8-23-15(5-13(12)26-11-3-4-11)27-18-25-7-10(6-21)16(22)28-18/h5,7-8,11,14,30H,3-4,9H2,1-2H3,(H,24,29)(H4,22,23,25,26,27,28). The number of halogens is 1. The molecule has 2 aromatic rings. The third kappa shape index (κ3) is 5.30. The molecule has 1 fully saturated rings. The average Bonchev–Trinajstić information content (AvgIpc) is 3.49. The highest BCUT2D eigenvalue weighted by Crippen LogP contribution is 2.28. The van der Waals surface area contributed by atoms with E-state index in [1.807, 2.05) is 6.07 Å². The first-order valence-corrected chi connectivity index (χ1v) is 9.38. The fraction of sp³-hybridized carbons (Fsp3) is 0.421. The minimum absolute atomic E-state index is 0.0370. The molecular weight excluding hydrogens is 391 g/mol. The topological polar surface area (TPSA) is 162 Å². The number of pyridine rings is 1. The van der Waals surface area contributed by atoms with Crippen molar-refractivity contribution in [2.75, 3.05) is 22.9 Å². The van der Waals surface area contributed by atoms with E-state index >= 15 is 0 Å². The summed E-state index contributed by atoms with van der Waals surface area (Å²) < 4.78 is 13.9. The lowest BCUT2D eigenvalue weighted by Gasteiger charge is -2.22. The molecule has 3 rings (SSSR count). The minimum Gasteiger partial charge on any atom is -0.387 e. The van der Waals surface area contributed by atoms with Gasteiger partial charge < -0.3 is 26.8 Å². The molecule has 0 saturated heterocycles. The summed E-state index contributed by atoms with van der Waals surface area (Å²) in [6.07, 6.45) is 2.99. The van der Waals surface area contributed by atoms with E-state index in [0.29, 0.717) is 11.5 Å². The number of rotatable bonds is 8. The molecular formula is C19H23FN8O2. The zero-order chi connectivity index (χ0) is 21.9. The van der Waals surface area contributed by atoms with Crippen molar-refractivity contribution in [1.29, 1.82) is 5.26 Å². The van der Waals surface area contributed by atoms with Crippen LogP contribution in [-0.2, 0) is 0 Å². The largest absolute Gasteiger partial charge is 0.387 e. The van der Waals surface area contributed by atoms with Crippen molar-refractivity contribution < 1.29 is 14.3 Å². The molecule has 0 radical (unpaired) electrons. The van der Waals surface area contributed by atoms with Crippen LogP contribution in [0.3, 0.4) is 0 Å². The lowest BCUT2D eigenvalue weighted by molar-refractivity contribution is -0.00177. The zero-order valence-corrected chi connectivity index (χ0v) is 16.6. The molecule has 0 spiro atoms. The molecule has 1 unspecified atom stereocenters. The van der Waals surface area contributed by atoms with E-state index in [9.17, 15) is 14.3 Å². The summed E-state index contributed by atoms with van der Waals surface area (Å²) in [7, 11) is 0. The van der Waals surface area contributed by atoms with Crippen molar-refractivity contribution in [2.24, 2.45) is 0 Å². The number of aromatic nitrogens is 3. The van der Waals surface area contributed by atoms with E-state index in [1.54, 1.807) is 6.07 Å². The van der Waals surface area contributed by atoms with Crippen LogP contribution in [0.1, 0.15) is 42.6 Å². The smallest absolute Gasteiger partial charge is 0.255 e. The molecule has 2 aromatic heterocycles. The molecule has 1 saturated carbocycles. The second-order valence-corrected chi connectivity index (χ2v) is 7.59. The number of aliphatic hydroxyl groups is 1. The van der Waals surface area contributed by atoms with Crippen LogP contribution in [0.25, 0.3) is 0 Å². The Labute approximate surface area is 172 Å². The third-order valence-corrected chi connectivity index (χ3v) is 4.47. The summed E-state index contributed by atoms with van der Waals surface area (Å²) in [4.78, 5) is 24.8. The number of carbonyl (C=O) groups is 1. The Morgan fingerprint density at radius 1 is 1.43 bits per heavy atom. The van der Waals surface area contributed by atoms with Crippen molar-refractivity contribution >= 4 is 29.2 Å². The van der Waals surface area contributed by atoms with E-state index in [0.717, 1.165) is 12.8 Å².